The maximum absolute atomic E-state index is 2.64. The van der Waals surface area contributed by atoms with E-state index in [9.17, 15) is 0 Å². The summed E-state index contributed by atoms with van der Waals surface area (Å²) >= 11 is 0. The molecule has 4 rings (SSSR count). The van der Waals surface area contributed by atoms with E-state index in [4.69, 9.17) is 0 Å². The molecule has 0 heteroatoms. The van der Waals surface area contributed by atoms with Crippen molar-refractivity contribution in [2.24, 2.45) is 29.6 Å². The molecule has 1 radical (unpaired) electrons. The topological polar surface area (TPSA) is 0 Å². The van der Waals surface area contributed by atoms with Gasteiger partial charge in [0, 0.05) is 5.92 Å². The zero-order valence-corrected chi connectivity index (χ0v) is 10.6. The van der Waals surface area contributed by atoms with Crippen LogP contribution < -0.4 is 0 Å². The summed E-state index contributed by atoms with van der Waals surface area (Å²) < 4.78 is 0. The molecule has 3 saturated carbocycles. The van der Waals surface area contributed by atoms with Crippen molar-refractivity contribution in [1.82, 2.24) is 0 Å². The van der Waals surface area contributed by atoms with Crippen molar-refractivity contribution in [3.05, 3.63) is 30.2 Å². The van der Waals surface area contributed by atoms with Gasteiger partial charge < -0.3 is 0 Å². The summed E-state index contributed by atoms with van der Waals surface area (Å²) in [6.07, 6.45) is 20.1. The average molecular weight is 227 g/mol. The van der Waals surface area contributed by atoms with Crippen molar-refractivity contribution in [3.63, 3.8) is 0 Å². The Kier molecular flexibility index (Phi) is 2.45. The molecule has 0 amide bonds. The molecule has 0 bridgehead atoms. The molecule has 4 aliphatic rings. The second-order valence-electron chi connectivity index (χ2n) is 6.55. The second-order valence-corrected chi connectivity index (χ2v) is 6.55. The zero-order chi connectivity index (χ0) is 11.2. The molecule has 4 aliphatic carbocycles. The largest absolute Gasteiger partial charge is 0.0841 e. The van der Waals surface area contributed by atoms with Crippen LogP contribution in [0.1, 0.15) is 44.9 Å². The second kappa shape index (κ2) is 4.00. The summed E-state index contributed by atoms with van der Waals surface area (Å²) in [6, 6.07) is 0. The predicted octanol–water partition coefficient (Wildman–Crippen LogP) is 4.54. The number of fused-ring (bicyclic) bond motifs is 5. The zero-order valence-electron chi connectivity index (χ0n) is 10.6. The molecule has 0 N–H and O–H groups in total. The van der Waals surface area contributed by atoms with Gasteiger partial charge in [-0.3, -0.25) is 0 Å². The molecule has 0 nitrogen and oxygen atoms in total. The summed E-state index contributed by atoms with van der Waals surface area (Å²) in [5, 5.41) is 0. The summed E-state index contributed by atoms with van der Waals surface area (Å²) in [7, 11) is 0. The third kappa shape index (κ3) is 1.56. The predicted molar refractivity (Wildman–Crippen MR) is 71.3 cm³/mol. The van der Waals surface area contributed by atoms with Crippen molar-refractivity contribution in [2.45, 2.75) is 44.9 Å². The van der Waals surface area contributed by atoms with Crippen LogP contribution in [-0.4, -0.2) is 0 Å². The van der Waals surface area contributed by atoms with E-state index in [1.807, 2.05) is 0 Å². The third-order valence-electron chi connectivity index (χ3n) is 5.97. The Balaban J connectivity index is 1.63. The van der Waals surface area contributed by atoms with Crippen LogP contribution in [-0.2, 0) is 0 Å². The van der Waals surface area contributed by atoms with Crippen molar-refractivity contribution in [1.29, 1.82) is 0 Å². The molecular weight excluding hydrogens is 204 g/mol. The summed E-state index contributed by atoms with van der Waals surface area (Å²) in [6.45, 7) is 0. The molecular formula is C17H23. The van der Waals surface area contributed by atoms with Crippen molar-refractivity contribution in [3.8, 4) is 0 Å². The highest BCUT2D eigenvalue weighted by molar-refractivity contribution is 5.24. The Morgan fingerprint density at radius 2 is 1.94 bits per heavy atom. The standard InChI is InChI=1S/C17H23/c1-2-6-14-12(4-1)8-10-17-15-7-3-5-13(15)9-11-16(14)17/h2,4-6,13-17H,1,3,7-11H2. The molecule has 0 spiro atoms. The van der Waals surface area contributed by atoms with E-state index in [0.29, 0.717) is 0 Å². The van der Waals surface area contributed by atoms with Crippen molar-refractivity contribution in [2.75, 3.05) is 0 Å². The van der Waals surface area contributed by atoms with Gasteiger partial charge in [-0.25, -0.2) is 0 Å². The lowest BCUT2D eigenvalue weighted by Crippen LogP contribution is -2.39. The van der Waals surface area contributed by atoms with Gasteiger partial charge in [0.1, 0.15) is 0 Å². The quantitative estimate of drug-likeness (QED) is 0.533. The van der Waals surface area contributed by atoms with Crippen LogP contribution >= 0.6 is 0 Å². The fraction of sp³-hybridized carbons (Fsp3) is 0.706. The molecule has 3 fully saturated rings. The van der Waals surface area contributed by atoms with Gasteiger partial charge in [0.15, 0.2) is 0 Å². The normalized spacial score (nSPS) is 48.0. The molecule has 0 heterocycles. The molecule has 5 unspecified atom stereocenters. The highest BCUT2D eigenvalue weighted by Crippen LogP contribution is 2.55. The highest BCUT2D eigenvalue weighted by atomic mass is 14.5. The lowest BCUT2D eigenvalue weighted by Gasteiger charge is -2.48. The van der Waals surface area contributed by atoms with Gasteiger partial charge in [-0.1, -0.05) is 23.8 Å². The maximum Gasteiger partial charge on any atom is 0.000798 e. The third-order valence-corrected chi connectivity index (χ3v) is 5.97. The summed E-state index contributed by atoms with van der Waals surface area (Å²) in [5.74, 6) is 4.95. The Bertz CT molecular complexity index is 362. The Morgan fingerprint density at radius 3 is 2.94 bits per heavy atom. The van der Waals surface area contributed by atoms with Crippen LogP contribution in [0.3, 0.4) is 0 Å². The minimum absolute atomic E-state index is 0.837. The van der Waals surface area contributed by atoms with E-state index < -0.39 is 0 Å². The highest BCUT2D eigenvalue weighted by Gasteiger charge is 2.46. The van der Waals surface area contributed by atoms with E-state index in [0.717, 1.165) is 29.6 Å². The first kappa shape index (κ1) is 10.4. The molecule has 0 saturated heterocycles. The van der Waals surface area contributed by atoms with Crippen molar-refractivity contribution < 1.29 is 0 Å². The maximum atomic E-state index is 2.64. The molecule has 0 aliphatic heterocycles. The molecule has 0 aromatic heterocycles. The van der Waals surface area contributed by atoms with Crippen LogP contribution in [0, 0.1) is 36.0 Å². The molecule has 91 valence electrons. The van der Waals surface area contributed by atoms with Gasteiger partial charge in [-0.2, -0.15) is 0 Å². The van der Waals surface area contributed by atoms with Crippen LogP contribution in [0.25, 0.3) is 0 Å². The minimum atomic E-state index is 0.837. The molecule has 0 aromatic carbocycles. The number of hydrogen-bond donors (Lipinski definition) is 0. The van der Waals surface area contributed by atoms with Crippen molar-refractivity contribution >= 4 is 0 Å². The van der Waals surface area contributed by atoms with Crippen LogP contribution in [0.5, 0.6) is 0 Å². The average Bonchev–Trinajstić information content (AvgIpc) is 2.86. The summed E-state index contributed by atoms with van der Waals surface area (Å²) in [4.78, 5) is 0. The van der Waals surface area contributed by atoms with Crippen LogP contribution in [0.15, 0.2) is 23.8 Å². The first-order valence-corrected chi connectivity index (χ1v) is 7.62. The fourth-order valence-corrected chi connectivity index (χ4v) is 5.27. The summed E-state index contributed by atoms with van der Waals surface area (Å²) in [5.41, 5.74) is 1.79. The number of allylic oxidation sites excluding steroid dienone is 4. The Hall–Kier alpha value is -0.520. The smallest absolute Gasteiger partial charge is 0.000798 e. The van der Waals surface area contributed by atoms with Gasteiger partial charge in [-0.05, 0) is 75.0 Å². The van der Waals surface area contributed by atoms with E-state index in [2.05, 4.69) is 24.6 Å². The van der Waals surface area contributed by atoms with Crippen LogP contribution in [0.4, 0.5) is 0 Å². The van der Waals surface area contributed by atoms with Gasteiger partial charge in [0.25, 0.3) is 0 Å². The minimum Gasteiger partial charge on any atom is -0.0841 e. The van der Waals surface area contributed by atoms with Gasteiger partial charge in [0.2, 0.25) is 0 Å². The molecule has 5 atom stereocenters. The fourth-order valence-electron chi connectivity index (χ4n) is 5.27. The molecule has 0 aromatic rings. The van der Waals surface area contributed by atoms with E-state index in [-0.39, 0.29) is 0 Å². The van der Waals surface area contributed by atoms with Gasteiger partial charge in [0.05, 0.1) is 0 Å². The first-order chi connectivity index (χ1) is 8.43. The van der Waals surface area contributed by atoms with Gasteiger partial charge in [-0.15, -0.1) is 0 Å². The Labute approximate surface area is 105 Å². The van der Waals surface area contributed by atoms with E-state index in [1.165, 1.54) is 44.9 Å². The monoisotopic (exact) mass is 227 g/mol. The SMILES string of the molecule is [CH]1CCC2C1CCC1C3C=CCC=C3CCC21. The Morgan fingerprint density at radius 1 is 0.941 bits per heavy atom. The van der Waals surface area contributed by atoms with E-state index >= 15 is 0 Å². The van der Waals surface area contributed by atoms with Crippen LogP contribution in [0.2, 0.25) is 0 Å². The number of hydrogen-bond acceptors (Lipinski definition) is 0. The molecule has 17 heavy (non-hydrogen) atoms. The first-order valence-electron chi connectivity index (χ1n) is 7.62. The number of rotatable bonds is 0. The van der Waals surface area contributed by atoms with E-state index in [1.54, 1.807) is 5.57 Å². The van der Waals surface area contributed by atoms with Gasteiger partial charge >= 0.3 is 0 Å². The lowest BCUT2D eigenvalue weighted by molar-refractivity contribution is 0.0751. The lowest BCUT2D eigenvalue weighted by atomic mass is 9.57.